The number of hydrogen-bond acceptors (Lipinski definition) is 3. The van der Waals surface area contributed by atoms with Crippen LogP contribution in [0, 0.1) is 0 Å². The van der Waals surface area contributed by atoms with Gasteiger partial charge in [-0.15, -0.1) is 0 Å². The van der Waals surface area contributed by atoms with E-state index in [1.807, 2.05) is 17.0 Å². The third-order valence-electron chi connectivity index (χ3n) is 6.21. The molecule has 2 aliphatic rings. The maximum Gasteiger partial charge on any atom is 0.255 e. The molecule has 1 aromatic rings. The molecule has 1 unspecified atom stereocenters. The van der Waals surface area contributed by atoms with Gasteiger partial charge in [-0.2, -0.15) is 0 Å². The van der Waals surface area contributed by atoms with Gasteiger partial charge in [0.25, 0.3) is 5.91 Å². The molecule has 0 aliphatic carbocycles. The summed E-state index contributed by atoms with van der Waals surface area (Å²) in [7, 11) is 0. The van der Waals surface area contributed by atoms with Crippen molar-refractivity contribution >= 4 is 11.8 Å². The van der Waals surface area contributed by atoms with Gasteiger partial charge in [0.05, 0.1) is 17.2 Å². The quantitative estimate of drug-likeness (QED) is 0.708. The van der Waals surface area contributed by atoms with Crippen LogP contribution in [0.2, 0.25) is 0 Å². The van der Waals surface area contributed by atoms with Crippen molar-refractivity contribution in [3.63, 3.8) is 0 Å². The van der Waals surface area contributed by atoms with Crippen LogP contribution in [0.3, 0.4) is 0 Å². The van der Waals surface area contributed by atoms with Gasteiger partial charge < -0.3 is 15.5 Å². The minimum Gasteiger partial charge on any atom is -0.366 e. The molecule has 0 spiro atoms. The van der Waals surface area contributed by atoms with Gasteiger partial charge in [0.15, 0.2) is 0 Å². The highest BCUT2D eigenvalue weighted by atomic mass is 16.2. The topological polar surface area (TPSA) is 66.6 Å². The number of benzene rings is 1. The van der Waals surface area contributed by atoms with E-state index in [2.05, 4.69) is 18.7 Å². The molecular formula is C22H33N3O2. The van der Waals surface area contributed by atoms with Gasteiger partial charge in [-0.1, -0.05) is 44.7 Å². The second-order valence-corrected chi connectivity index (χ2v) is 8.01. The molecule has 1 aromatic carbocycles. The van der Waals surface area contributed by atoms with Crippen molar-refractivity contribution in [1.29, 1.82) is 0 Å². The van der Waals surface area contributed by atoms with Crippen LogP contribution in [0.1, 0.15) is 91.1 Å². The molecule has 3 rings (SSSR count). The van der Waals surface area contributed by atoms with Crippen LogP contribution in [0.5, 0.6) is 0 Å². The Bertz CT molecular complexity index is 680. The zero-order chi connectivity index (χ0) is 19.4. The van der Waals surface area contributed by atoms with Crippen molar-refractivity contribution in [2.45, 2.75) is 70.9 Å². The Labute approximate surface area is 162 Å². The van der Waals surface area contributed by atoms with E-state index < -0.39 is 5.91 Å². The van der Waals surface area contributed by atoms with Gasteiger partial charge in [0, 0.05) is 19.1 Å². The van der Waals surface area contributed by atoms with Gasteiger partial charge in [0.1, 0.15) is 0 Å². The third-order valence-corrected chi connectivity index (χ3v) is 6.21. The lowest BCUT2D eigenvalue weighted by Crippen LogP contribution is -2.46. The van der Waals surface area contributed by atoms with Crippen molar-refractivity contribution in [1.82, 2.24) is 9.80 Å². The van der Waals surface area contributed by atoms with Gasteiger partial charge in [-0.05, 0) is 44.4 Å². The molecule has 1 saturated heterocycles. The summed E-state index contributed by atoms with van der Waals surface area (Å²) < 4.78 is 0. The Morgan fingerprint density at radius 3 is 2.52 bits per heavy atom. The standard InChI is InChI=1S/C22H33N3O2/c1-3-4-5-6-7-13-24-14-11-17(12-15-24)25-16(2)18-9-8-10-19(21(23)26)20(18)22(25)27/h8-10,16-17H,3-7,11-15H2,1-2H3,(H2,23,26). The van der Waals surface area contributed by atoms with Crippen molar-refractivity contribution in [3.8, 4) is 0 Å². The van der Waals surface area contributed by atoms with E-state index in [9.17, 15) is 9.59 Å². The highest BCUT2D eigenvalue weighted by Gasteiger charge is 2.41. The number of piperidine rings is 1. The Hall–Kier alpha value is -1.88. The molecule has 1 atom stereocenters. The van der Waals surface area contributed by atoms with Crippen LogP contribution in [-0.4, -0.2) is 47.3 Å². The van der Waals surface area contributed by atoms with Gasteiger partial charge >= 0.3 is 0 Å². The zero-order valence-electron chi connectivity index (χ0n) is 16.7. The number of likely N-dealkylation sites (tertiary alicyclic amines) is 1. The maximum atomic E-state index is 13.1. The van der Waals surface area contributed by atoms with Crippen molar-refractivity contribution < 1.29 is 9.59 Å². The fraction of sp³-hybridized carbons (Fsp3) is 0.636. The van der Waals surface area contributed by atoms with E-state index in [0.29, 0.717) is 11.1 Å². The van der Waals surface area contributed by atoms with Crippen molar-refractivity contribution in [2.24, 2.45) is 5.73 Å². The molecule has 0 aromatic heterocycles. The van der Waals surface area contributed by atoms with Crippen LogP contribution in [0.25, 0.3) is 0 Å². The molecule has 2 N–H and O–H groups in total. The van der Waals surface area contributed by atoms with E-state index in [4.69, 9.17) is 5.73 Å². The number of amides is 2. The summed E-state index contributed by atoms with van der Waals surface area (Å²) in [5.41, 5.74) is 7.32. The van der Waals surface area contributed by atoms with E-state index in [0.717, 1.165) is 31.5 Å². The summed E-state index contributed by atoms with van der Waals surface area (Å²) in [5.74, 6) is -0.544. The summed E-state index contributed by atoms with van der Waals surface area (Å²) in [5, 5.41) is 0. The maximum absolute atomic E-state index is 13.1. The number of hydrogen-bond donors (Lipinski definition) is 1. The third kappa shape index (κ3) is 4.18. The summed E-state index contributed by atoms with van der Waals surface area (Å²) in [4.78, 5) is 29.4. The van der Waals surface area contributed by atoms with Gasteiger partial charge in [-0.3, -0.25) is 9.59 Å². The minimum absolute atomic E-state index is 0.0115. The molecule has 5 nitrogen and oxygen atoms in total. The van der Waals surface area contributed by atoms with Crippen LogP contribution in [-0.2, 0) is 0 Å². The monoisotopic (exact) mass is 371 g/mol. The molecule has 5 heteroatoms. The van der Waals surface area contributed by atoms with E-state index in [1.54, 1.807) is 6.07 Å². The number of carbonyl (C=O) groups is 2. The normalized spacial score (nSPS) is 20.9. The number of nitrogens with zero attached hydrogens (tertiary/aromatic N) is 2. The largest absolute Gasteiger partial charge is 0.366 e. The summed E-state index contributed by atoms with van der Waals surface area (Å²) >= 11 is 0. The van der Waals surface area contributed by atoms with Crippen molar-refractivity contribution in [3.05, 3.63) is 34.9 Å². The summed E-state index contributed by atoms with van der Waals surface area (Å²) in [6.45, 7) is 7.58. The first-order chi connectivity index (χ1) is 13.0. The molecule has 0 saturated carbocycles. The highest BCUT2D eigenvalue weighted by Crippen LogP contribution is 2.38. The summed E-state index contributed by atoms with van der Waals surface area (Å²) in [6.07, 6.45) is 8.57. The smallest absolute Gasteiger partial charge is 0.255 e. The van der Waals surface area contributed by atoms with Crippen LogP contribution >= 0.6 is 0 Å². The predicted octanol–water partition coefficient (Wildman–Crippen LogP) is 3.74. The molecule has 2 amide bonds. The molecule has 0 radical (unpaired) electrons. The Morgan fingerprint density at radius 1 is 1.15 bits per heavy atom. The number of carbonyl (C=O) groups excluding carboxylic acids is 2. The second-order valence-electron chi connectivity index (χ2n) is 8.01. The molecule has 2 heterocycles. The average molecular weight is 372 g/mol. The van der Waals surface area contributed by atoms with Crippen LogP contribution in [0.15, 0.2) is 18.2 Å². The number of fused-ring (bicyclic) bond motifs is 1. The van der Waals surface area contributed by atoms with Crippen molar-refractivity contribution in [2.75, 3.05) is 19.6 Å². The lowest BCUT2D eigenvalue weighted by molar-refractivity contribution is 0.0516. The fourth-order valence-corrected chi connectivity index (χ4v) is 4.66. The molecule has 2 aliphatic heterocycles. The average Bonchev–Trinajstić information content (AvgIpc) is 2.93. The Kier molecular flexibility index (Phi) is 6.53. The molecular weight excluding hydrogens is 338 g/mol. The summed E-state index contributed by atoms with van der Waals surface area (Å²) in [6, 6.07) is 5.70. The highest BCUT2D eigenvalue weighted by molar-refractivity contribution is 6.09. The lowest BCUT2D eigenvalue weighted by atomic mass is 9.99. The first-order valence-electron chi connectivity index (χ1n) is 10.5. The van der Waals surface area contributed by atoms with E-state index in [-0.39, 0.29) is 18.0 Å². The molecule has 1 fully saturated rings. The number of nitrogens with two attached hydrogens (primary N) is 1. The first kappa shape index (κ1) is 19.9. The predicted molar refractivity (Wildman–Crippen MR) is 108 cm³/mol. The SMILES string of the molecule is CCCCCCCN1CCC(N2C(=O)c3c(C(N)=O)cccc3C2C)CC1. The van der Waals surface area contributed by atoms with Gasteiger partial charge in [0.2, 0.25) is 5.91 Å². The fourth-order valence-electron chi connectivity index (χ4n) is 4.66. The first-order valence-corrected chi connectivity index (χ1v) is 10.5. The van der Waals surface area contributed by atoms with Crippen LogP contribution < -0.4 is 5.73 Å². The van der Waals surface area contributed by atoms with Gasteiger partial charge in [-0.25, -0.2) is 0 Å². The molecule has 27 heavy (non-hydrogen) atoms. The zero-order valence-corrected chi connectivity index (χ0v) is 16.7. The van der Waals surface area contributed by atoms with E-state index >= 15 is 0 Å². The minimum atomic E-state index is -0.521. The number of primary amides is 1. The molecule has 148 valence electrons. The Morgan fingerprint density at radius 2 is 1.85 bits per heavy atom. The number of rotatable bonds is 8. The number of unbranched alkanes of at least 4 members (excludes halogenated alkanes) is 4. The second kappa shape index (κ2) is 8.87. The Balaban J connectivity index is 1.58. The lowest BCUT2D eigenvalue weighted by Gasteiger charge is -2.38. The molecule has 0 bridgehead atoms. The van der Waals surface area contributed by atoms with Crippen LogP contribution in [0.4, 0.5) is 0 Å². The van der Waals surface area contributed by atoms with E-state index in [1.165, 1.54) is 38.6 Å².